The van der Waals surface area contributed by atoms with Crippen LogP contribution in [0.2, 0.25) is 0 Å². The summed E-state index contributed by atoms with van der Waals surface area (Å²) < 4.78 is 1.59. The van der Waals surface area contributed by atoms with E-state index in [1.807, 2.05) is 0 Å². The Labute approximate surface area is 128 Å². The lowest BCUT2D eigenvalue weighted by Crippen LogP contribution is -2.31. The van der Waals surface area contributed by atoms with Crippen molar-refractivity contribution in [2.45, 2.75) is 32.1 Å². The molecule has 2 aromatic rings. The van der Waals surface area contributed by atoms with E-state index >= 15 is 0 Å². The Balaban J connectivity index is 2.03. The van der Waals surface area contributed by atoms with Crippen molar-refractivity contribution in [3.05, 3.63) is 51.7 Å². The zero-order valence-corrected chi connectivity index (χ0v) is 12.9. The maximum Gasteiger partial charge on any atom is 0.263 e. The van der Waals surface area contributed by atoms with Gasteiger partial charge in [0.2, 0.25) is 5.95 Å². The molecule has 0 aliphatic heterocycles. The fourth-order valence-electron chi connectivity index (χ4n) is 2.92. The second-order valence-electron chi connectivity index (χ2n) is 6.19. The van der Waals surface area contributed by atoms with Crippen LogP contribution in [0.1, 0.15) is 41.9 Å². The van der Waals surface area contributed by atoms with Crippen molar-refractivity contribution < 1.29 is 4.79 Å². The molecule has 0 fully saturated rings. The molecule has 0 atom stereocenters. The van der Waals surface area contributed by atoms with E-state index in [2.05, 4.69) is 29.1 Å². The molecule has 0 bridgehead atoms. The number of rotatable bonds is 2. The zero-order chi connectivity index (χ0) is 15.9. The number of anilines is 1. The van der Waals surface area contributed by atoms with Crippen LogP contribution in [0.25, 0.3) is 0 Å². The van der Waals surface area contributed by atoms with Crippen LogP contribution in [0.5, 0.6) is 0 Å². The minimum absolute atomic E-state index is 0.0287. The van der Waals surface area contributed by atoms with Crippen molar-refractivity contribution >= 4 is 11.9 Å². The summed E-state index contributed by atoms with van der Waals surface area (Å²) in [4.78, 5) is 32.7. The second-order valence-corrected chi connectivity index (χ2v) is 6.19. The highest BCUT2D eigenvalue weighted by molar-refractivity contribution is 6.03. The number of hydrogen-bond donors (Lipinski definition) is 1. The van der Waals surface area contributed by atoms with Gasteiger partial charge in [0.25, 0.3) is 11.5 Å². The highest BCUT2D eigenvalue weighted by Crippen LogP contribution is 2.37. The summed E-state index contributed by atoms with van der Waals surface area (Å²) in [5, 5.41) is 2.57. The Kier molecular flexibility index (Phi) is 3.31. The predicted molar refractivity (Wildman–Crippen MR) is 83.0 cm³/mol. The molecule has 114 valence electrons. The first-order valence-electron chi connectivity index (χ1n) is 7.22. The maximum absolute atomic E-state index is 12.4. The third-order valence-electron chi connectivity index (χ3n) is 4.29. The van der Waals surface area contributed by atoms with Gasteiger partial charge >= 0.3 is 0 Å². The second kappa shape index (κ2) is 5.05. The summed E-state index contributed by atoms with van der Waals surface area (Å²) in [7, 11) is 1.72. The Morgan fingerprint density at radius 3 is 2.68 bits per heavy atom. The lowest BCUT2D eigenvalue weighted by molar-refractivity contribution is 0.102. The standard InChI is InChI=1S/C16H18N4O2/c1-16(2)6-5-12-11(16)9-10(14(22)20(12)3)13(21)19-15-17-7-4-8-18-15/h4,7-9H,5-6H2,1-3H3,(H,17,18,19,21). The van der Waals surface area contributed by atoms with Crippen LogP contribution < -0.4 is 10.9 Å². The summed E-state index contributed by atoms with van der Waals surface area (Å²) >= 11 is 0. The molecule has 0 saturated carbocycles. The third kappa shape index (κ3) is 2.30. The molecule has 22 heavy (non-hydrogen) atoms. The number of hydrogen-bond acceptors (Lipinski definition) is 4. The molecule has 1 aliphatic rings. The highest BCUT2D eigenvalue weighted by Gasteiger charge is 2.33. The molecule has 2 heterocycles. The Morgan fingerprint density at radius 2 is 2.00 bits per heavy atom. The van der Waals surface area contributed by atoms with Gasteiger partial charge in [-0.3, -0.25) is 14.9 Å². The molecule has 6 heteroatoms. The molecular weight excluding hydrogens is 280 g/mol. The Morgan fingerprint density at radius 1 is 1.32 bits per heavy atom. The smallest absolute Gasteiger partial charge is 0.263 e. The molecule has 0 aromatic carbocycles. The predicted octanol–water partition coefficient (Wildman–Crippen LogP) is 1.65. The van der Waals surface area contributed by atoms with Crippen molar-refractivity contribution in [1.29, 1.82) is 0 Å². The third-order valence-corrected chi connectivity index (χ3v) is 4.29. The van der Waals surface area contributed by atoms with Crippen LogP contribution in [-0.2, 0) is 18.9 Å². The van der Waals surface area contributed by atoms with Gasteiger partial charge in [-0.15, -0.1) is 0 Å². The van der Waals surface area contributed by atoms with E-state index in [0.29, 0.717) is 0 Å². The Hall–Kier alpha value is -2.50. The number of aromatic nitrogens is 3. The van der Waals surface area contributed by atoms with Gasteiger partial charge in [-0.2, -0.15) is 0 Å². The lowest BCUT2D eigenvalue weighted by Gasteiger charge is -2.20. The minimum atomic E-state index is -0.475. The van der Waals surface area contributed by atoms with Gasteiger partial charge < -0.3 is 4.57 Å². The van der Waals surface area contributed by atoms with Crippen molar-refractivity contribution in [3.8, 4) is 0 Å². The normalized spacial score (nSPS) is 15.4. The molecule has 2 aromatic heterocycles. The average molecular weight is 298 g/mol. The lowest BCUT2D eigenvalue weighted by atomic mass is 9.86. The number of amides is 1. The number of nitrogens with one attached hydrogen (secondary N) is 1. The molecule has 0 saturated heterocycles. The molecular formula is C16H18N4O2. The van der Waals surface area contributed by atoms with Gasteiger partial charge in [0, 0.05) is 25.1 Å². The van der Waals surface area contributed by atoms with E-state index in [-0.39, 0.29) is 22.5 Å². The highest BCUT2D eigenvalue weighted by atomic mass is 16.2. The first-order valence-corrected chi connectivity index (χ1v) is 7.22. The molecule has 1 amide bonds. The van der Waals surface area contributed by atoms with Crippen molar-refractivity contribution in [2.75, 3.05) is 5.32 Å². The Bertz CT molecular complexity index is 794. The number of nitrogens with zero attached hydrogens (tertiary/aromatic N) is 3. The van der Waals surface area contributed by atoms with Crippen LogP contribution in [0.4, 0.5) is 5.95 Å². The van der Waals surface area contributed by atoms with Crippen LogP contribution in [0, 0.1) is 0 Å². The number of pyridine rings is 1. The van der Waals surface area contributed by atoms with Gasteiger partial charge in [0.1, 0.15) is 5.56 Å². The number of fused-ring (bicyclic) bond motifs is 1. The van der Waals surface area contributed by atoms with Crippen molar-refractivity contribution in [1.82, 2.24) is 14.5 Å². The summed E-state index contributed by atoms with van der Waals surface area (Å²) in [6.45, 7) is 4.26. The monoisotopic (exact) mass is 298 g/mol. The SMILES string of the molecule is Cn1c2c(cc(C(=O)Nc3ncccn3)c1=O)C(C)(C)CC2. The van der Waals surface area contributed by atoms with E-state index in [4.69, 9.17) is 0 Å². The fraction of sp³-hybridized carbons (Fsp3) is 0.375. The van der Waals surface area contributed by atoms with Gasteiger partial charge in [0.05, 0.1) is 0 Å². The van der Waals surface area contributed by atoms with E-state index < -0.39 is 5.91 Å². The zero-order valence-electron chi connectivity index (χ0n) is 12.9. The van der Waals surface area contributed by atoms with Crippen LogP contribution in [0.15, 0.2) is 29.3 Å². The van der Waals surface area contributed by atoms with Crippen LogP contribution >= 0.6 is 0 Å². The summed E-state index contributed by atoms with van der Waals surface area (Å²) in [6, 6.07) is 3.38. The minimum Gasteiger partial charge on any atom is -0.315 e. The number of carbonyl (C=O) groups is 1. The summed E-state index contributed by atoms with van der Waals surface area (Å²) in [5.74, 6) is -0.286. The summed E-state index contributed by atoms with van der Waals surface area (Å²) in [5.41, 5.74) is 1.89. The summed E-state index contributed by atoms with van der Waals surface area (Å²) in [6.07, 6.45) is 4.90. The van der Waals surface area contributed by atoms with Crippen LogP contribution in [0.3, 0.4) is 0 Å². The van der Waals surface area contributed by atoms with E-state index in [0.717, 1.165) is 24.1 Å². The molecule has 0 unspecified atom stereocenters. The topological polar surface area (TPSA) is 76.9 Å². The van der Waals surface area contributed by atoms with Gasteiger partial charge in [0.15, 0.2) is 0 Å². The van der Waals surface area contributed by atoms with Gasteiger partial charge in [-0.25, -0.2) is 9.97 Å². The largest absolute Gasteiger partial charge is 0.315 e. The van der Waals surface area contributed by atoms with E-state index in [1.54, 1.807) is 23.7 Å². The average Bonchev–Trinajstić information content (AvgIpc) is 2.79. The molecule has 0 radical (unpaired) electrons. The van der Waals surface area contributed by atoms with Gasteiger partial charge in [-0.05, 0) is 36.0 Å². The van der Waals surface area contributed by atoms with Gasteiger partial charge in [-0.1, -0.05) is 13.8 Å². The van der Waals surface area contributed by atoms with Crippen LogP contribution in [-0.4, -0.2) is 20.4 Å². The van der Waals surface area contributed by atoms with Crippen molar-refractivity contribution in [2.24, 2.45) is 7.05 Å². The molecule has 0 spiro atoms. The molecule has 3 rings (SSSR count). The fourth-order valence-corrected chi connectivity index (χ4v) is 2.92. The number of carbonyl (C=O) groups excluding carboxylic acids is 1. The first-order chi connectivity index (χ1) is 10.4. The molecule has 1 N–H and O–H groups in total. The van der Waals surface area contributed by atoms with Crippen molar-refractivity contribution in [3.63, 3.8) is 0 Å². The first kappa shape index (κ1) is 14.4. The van der Waals surface area contributed by atoms with E-state index in [9.17, 15) is 9.59 Å². The van der Waals surface area contributed by atoms with E-state index in [1.165, 1.54) is 12.4 Å². The molecule has 6 nitrogen and oxygen atoms in total. The maximum atomic E-state index is 12.4. The molecule has 1 aliphatic carbocycles. The quantitative estimate of drug-likeness (QED) is 0.914.